The molecule has 0 aliphatic carbocycles. The third-order valence-corrected chi connectivity index (χ3v) is 4.93. The molecule has 1 heterocycles. The maximum Gasteiger partial charge on any atom is 0.348 e. The lowest BCUT2D eigenvalue weighted by atomic mass is 10.2. The molecule has 0 aliphatic rings. The van der Waals surface area contributed by atoms with E-state index >= 15 is 0 Å². The minimum Gasteiger partial charge on any atom is -0.465 e. The first-order chi connectivity index (χ1) is 9.61. The Labute approximate surface area is 123 Å². The summed E-state index contributed by atoms with van der Waals surface area (Å²) in [4.78, 5) is 22.2. The number of nitrogens with zero attached hydrogens (tertiary/aromatic N) is 1. The lowest BCUT2D eigenvalue weighted by Gasteiger charge is -1.99. The van der Waals surface area contributed by atoms with E-state index in [1.165, 1.54) is 24.9 Å². The van der Waals surface area contributed by atoms with Gasteiger partial charge < -0.3 is 4.74 Å². The zero-order valence-corrected chi connectivity index (χ0v) is 12.2. The number of rotatable bonds is 5. The molecule has 0 amide bonds. The summed E-state index contributed by atoms with van der Waals surface area (Å²) in [6, 6.07) is 10.9. The van der Waals surface area contributed by atoms with Crippen molar-refractivity contribution in [2.45, 2.75) is 9.96 Å². The zero-order chi connectivity index (χ0) is 14.5. The van der Waals surface area contributed by atoms with Crippen molar-refractivity contribution in [1.29, 1.82) is 0 Å². The summed E-state index contributed by atoms with van der Waals surface area (Å²) < 4.78 is 5.10. The van der Waals surface area contributed by atoms with Crippen molar-refractivity contribution in [1.82, 2.24) is 0 Å². The first-order valence-corrected chi connectivity index (χ1v) is 7.45. The molecular weight excluding hydrogens is 298 g/mol. The van der Waals surface area contributed by atoms with Gasteiger partial charge in [0, 0.05) is 11.8 Å². The summed E-state index contributed by atoms with van der Waals surface area (Å²) in [7, 11) is 1.25. The van der Waals surface area contributed by atoms with Crippen LogP contribution in [0.4, 0.5) is 5.69 Å². The van der Waals surface area contributed by atoms with Crippen molar-refractivity contribution in [2.75, 3.05) is 7.11 Å². The van der Waals surface area contributed by atoms with Gasteiger partial charge in [0.1, 0.15) is 9.09 Å². The predicted molar refractivity (Wildman–Crippen MR) is 78.3 cm³/mol. The van der Waals surface area contributed by atoms with E-state index in [0.29, 0.717) is 9.96 Å². The van der Waals surface area contributed by atoms with Crippen LogP contribution in [-0.2, 0) is 10.5 Å². The van der Waals surface area contributed by atoms with Gasteiger partial charge in [-0.1, -0.05) is 30.3 Å². The van der Waals surface area contributed by atoms with Gasteiger partial charge in [0.2, 0.25) is 0 Å². The SMILES string of the molecule is COC(=O)c1cc([N+](=O)[O-])c(SCc2ccccc2)s1. The first kappa shape index (κ1) is 14.5. The lowest BCUT2D eigenvalue weighted by molar-refractivity contribution is -0.387. The molecule has 0 aliphatic heterocycles. The number of carbonyl (C=O) groups excluding carboxylic acids is 1. The highest BCUT2D eigenvalue weighted by atomic mass is 32.2. The van der Waals surface area contributed by atoms with E-state index in [1.807, 2.05) is 30.3 Å². The van der Waals surface area contributed by atoms with E-state index in [-0.39, 0.29) is 10.6 Å². The van der Waals surface area contributed by atoms with Crippen LogP contribution in [0.3, 0.4) is 0 Å². The van der Waals surface area contributed by atoms with Crippen molar-refractivity contribution >= 4 is 34.8 Å². The maximum atomic E-state index is 11.4. The molecule has 0 spiro atoms. The van der Waals surface area contributed by atoms with E-state index in [0.717, 1.165) is 16.9 Å². The van der Waals surface area contributed by atoms with Gasteiger partial charge in [0.15, 0.2) is 0 Å². The monoisotopic (exact) mass is 309 g/mol. The van der Waals surface area contributed by atoms with Crippen LogP contribution in [0.15, 0.2) is 40.6 Å². The highest BCUT2D eigenvalue weighted by Gasteiger charge is 2.23. The summed E-state index contributed by atoms with van der Waals surface area (Å²) in [5.41, 5.74) is 1.02. The summed E-state index contributed by atoms with van der Waals surface area (Å²) in [6.07, 6.45) is 0. The van der Waals surface area contributed by atoms with Crippen LogP contribution >= 0.6 is 23.1 Å². The normalized spacial score (nSPS) is 10.2. The third kappa shape index (κ3) is 3.37. The van der Waals surface area contributed by atoms with Crippen LogP contribution in [0.1, 0.15) is 15.2 Å². The van der Waals surface area contributed by atoms with E-state index in [1.54, 1.807) is 0 Å². The summed E-state index contributed by atoms with van der Waals surface area (Å²) in [5.74, 6) is 0.0627. The summed E-state index contributed by atoms with van der Waals surface area (Å²) in [6.45, 7) is 0. The largest absolute Gasteiger partial charge is 0.465 e. The molecule has 5 nitrogen and oxygen atoms in total. The number of esters is 1. The molecule has 0 bridgehead atoms. The Morgan fingerprint density at radius 1 is 1.40 bits per heavy atom. The Morgan fingerprint density at radius 3 is 2.70 bits per heavy atom. The second-order valence-electron chi connectivity index (χ2n) is 3.81. The van der Waals surface area contributed by atoms with E-state index in [4.69, 9.17) is 0 Å². The number of ether oxygens (including phenoxy) is 1. The van der Waals surface area contributed by atoms with Crippen LogP contribution in [0, 0.1) is 10.1 Å². The third-order valence-electron chi connectivity index (χ3n) is 2.48. The van der Waals surface area contributed by atoms with Crippen molar-refractivity contribution in [3.05, 3.63) is 57.0 Å². The second kappa shape index (κ2) is 6.53. The Hall–Kier alpha value is -1.86. The molecule has 2 rings (SSSR count). The molecule has 0 saturated carbocycles. The topological polar surface area (TPSA) is 69.4 Å². The van der Waals surface area contributed by atoms with Gasteiger partial charge in [-0.2, -0.15) is 0 Å². The fourth-order valence-electron chi connectivity index (χ4n) is 1.52. The van der Waals surface area contributed by atoms with Crippen LogP contribution < -0.4 is 0 Å². The number of methoxy groups -OCH3 is 1. The maximum absolute atomic E-state index is 11.4. The highest BCUT2D eigenvalue weighted by molar-refractivity contribution is 8.00. The Morgan fingerprint density at radius 2 is 2.10 bits per heavy atom. The average Bonchev–Trinajstić information content (AvgIpc) is 2.90. The summed E-state index contributed by atoms with van der Waals surface area (Å²) in [5, 5.41) is 11.0. The summed E-state index contributed by atoms with van der Waals surface area (Å²) >= 11 is 2.43. The number of nitro groups is 1. The fourth-order valence-corrected chi connectivity index (χ4v) is 3.75. The Bertz CT molecular complexity index is 625. The molecule has 20 heavy (non-hydrogen) atoms. The van der Waals surface area contributed by atoms with E-state index in [9.17, 15) is 14.9 Å². The number of benzene rings is 1. The molecule has 0 atom stereocenters. The standard InChI is InChI=1S/C13H11NO4S2/c1-18-12(15)11-7-10(14(16)17)13(20-11)19-8-9-5-3-2-4-6-9/h2-7H,8H2,1H3. The van der Waals surface area contributed by atoms with Crippen molar-refractivity contribution in [3.63, 3.8) is 0 Å². The van der Waals surface area contributed by atoms with Gasteiger partial charge >= 0.3 is 5.97 Å². The molecule has 2 aromatic rings. The number of thioether (sulfide) groups is 1. The lowest BCUT2D eigenvalue weighted by Crippen LogP contribution is -1.97. The molecule has 0 unspecified atom stereocenters. The average molecular weight is 309 g/mol. The number of carbonyl (C=O) groups is 1. The minimum absolute atomic E-state index is 0.0451. The van der Waals surface area contributed by atoms with Gasteiger partial charge in [-0.3, -0.25) is 10.1 Å². The fraction of sp³-hybridized carbons (Fsp3) is 0.154. The molecule has 0 N–H and O–H groups in total. The quantitative estimate of drug-likeness (QED) is 0.364. The van der Waals surface area contributed by atoms with E-state index in [2.05, 4.69) is 4.74 Å². The van der Waals surface area contributed by atoms with Gasteiger partial charge in [-0.15, -0.1) is 23.1 Å². The van der Waals surface area contributed by atoms with Crippen LogP contribution in [0.25, 0.3) is 0 Å². The van der Waals surface area contributed by atoms with Gasteiger partial charge in [-0.25, -0.2) is 4.79 Å². The first-order valence-electron chi connectivity index (χ1n) is 5.65. The predicted octanol–water partition coefficient (Wildman–Crippen LogP) is 3.74. The molecule has 1 aromatic heterocycles. The highest BCUT2D eigenvalue weighted by Crippen LogP contribution is 2.39. The zero-order valence-electron chi connectivity index (χ0n) is 10.6. The number of hydrogen-bond acceptors (Lipinski definition) is 6. The minimum atomic E-state index is -0.551. The van der Waals surface area contributed by atoms with Crippen LogP contribution in [0.2, 0.25) is 0 Å². The molecule has 0 saturated heterocycles. The van der Waals surface area contributed by atoms with Crippen LogP contribution in [-0.4, -0.2) is 18.0 Å². The van der Waals surface area contributed by atoms with Crippen molar-refractivity contribution < 1.29 is 14.5 Å². The van der Waals surface area contributed by atoms with Crippen LogP contribution in [0.5, 0.6) is 0 Å². The van der Waals surface area contributed by atoms with Crippen molar-refractivity contribution in [2.24, 2.45) is 0 Å². The molecule has 0 fully saturated rings. The van der Waals surface area contributed by atoms with Gasteiger partial charge in [0.25, 0.3) is 5.69 Å². The van der Waals surface area contributed by atoms with Gasteiger partial charge in [-0.05, 0) is 5.56 Å². The number of hydrogen-bond donors (Lipinski definition) is 0. The van der Waals surface area contributed by atoms with E-state index < -0.39 is 10.9 Å². The molecule has 0 radical (unpaired) electrons. The Kier molecular flexibility index (Phi) is 4.75. The van der Waals surface area contributed by atoms with Gasteiger partial charge in [0.05, 0.1) is 12.0 Å². The molecular formula is C13H11NO4S2. The Balaban J connectivity index is 2.19. The second-order valence-corrected chi connectivity index (χ2v) is 6.10. The smallest absolute Gasteiger partial charge is 0.348 e. The molecule has 7 heteroatoms. The number of thiophene rings is 1. The van der Waals surface area contributed by atoms with Crippen molar-refractivity contribution in [3.8, 4) is 0 Å². The molecule has 1 aromatic carbocycles. The molecule has 104 valence electrons.